The van der Waals surface area contributed by atoms with Gasteiger partial charge in [0, 0.05) is 12.7 Å². The van der Waals surface area contributed by atoms with Crippen LogP contribution in [0, 0.1) is 0 Å². The quantitative estimate of drug-likeness (QED) is 0.632. The minimum Gasteiger partial charge on any atom is -0.491 e. The number of carbonyl (C=O) groups is 2. The van der Waals surface area contributed by atoms with E-state index in [4.69, 9.17) is 9.47 Å². The van der Waals surface area contributed by atoms with Gasteiger partial charge >= 0.3 is 12.0 Å². The van der Waals surface area contributed by atoms with E-state index in [1.165, 1.54) is 0 Å². The Hall–Kier alpha value is -3.48. The van der Waals surface area contributed by atoms with Crippen molar-refractivity contribution in [1.29, 1.82) is 0 Å². The molecule has 7 heteroatoms. The second-order valence-corrected chi connectivity index (χ2v) is 7.57. The Labute approximate surface area is 183 Å². The summed E-state index contributed by atoms with van der Waals surface area (Å²) in [7, 11) is 1.91. The molecular weight excluding hydrogens is 394 g/mol. The number of nitrogens with one attached hydrogen (secondary N) is 2. The van der Waals surface area contributed by atoms with Crippen LogP contribution in [0.2, 0.25) is 0 Å². The molecule has 2 aromatic carbocycles. The molecule has 0 saturated carbocycles. The Morgan fingerprint density at radius 1 is 1.10 bits per heavy atom. The van der Waals surface area contributed by atoms with Gasteiger partial charge in [0.2, 0.25) is 0 Å². The molecule has 1 aliphatic heterocycles. The molecule has 0 spiro atoms. The van der Waals surface area contributed by atoms with Crippen LogP contribution in [-0.4, -0.2) is 38.3 Å². The SMILES string of the molecule is CCOC(=O)C1=C(CN(C)c2ccccc2)NC(=O)N[C@H]1c1ccc(OC(C)C)cc1. The van der Waals surface area contributed by atoms with E-state index in [-0.39, 0.29) is 18.7 Å². The number of carbonyl (C=O) groups excluding carboxylic acids is 2. The number of esters is 1. The fourth-order valence-corrected chi connectivity index (χ4v) is 3.46. The molecule has 7 nitrogen and oxygen atoms in total. The van der Waals surface area contributed by atoms with Gasteiger partial charge in [0.1, 0.15) is 5.75 Å². The van der Waals surface area contributed by atoms with Gasteiger partial charge in [0.15, 0.2) is 0 Å². The van der Waals surface area contributed by atoms with Crippen molar-refractivity contribution in [2.45, 2.75) is 32.9 Å². The lowest BCUT2D eigenvalue weighted by atomic mass is 9.95. The Bertz CT molecular complexity index is 939. The Balaban J connectivity index is 1.97. The number of benzene rings is 2. The van der Waals surface area contributed by atoms with Gasteiger partial charge in [-0.15, -0.1) is 0 Å². The molecular formula is C24H29N3O4. The van der Waals surface area contributed by atoms with Crippen molar-refractivity contribution in [2.75, 3.05) is 25.1 Å². The minimum atomic E-state index is -0.625. The van der Waals surface area contributed by atoms with Gasteiger partial charge in [-0.2, -0.15) is 0 Å². The highest BCUT2D eigenvalue weighted by Gasteiger charge is 2.34. The number of ether oxygens (including phenoxy) is 2. The lowest BCUT2D eigenvalue weighted by Crippen LogP contribution is -2.48. The monoisotopic (exact) mass is 423 g/mol. The topological polar surface area (TPSA) is 79.9 Å². The summed E-state index contributed by atoms with van der Waals surface area (Å²) in [6.07, 6.45) is 0.0551. The van der Waals surface area contributed by atoms with Crippen molar-refractivity contribution in [2.24, 2.45) is 0 Å². The van der Waals surface area contributed by atoms with Crippen LogP contribution in [0.4, 0.5) is 10.5 Å². The summed E-state index contributed by atoms with van der Waals surface area (Å²) in [5, 5.41) is 5.66. The third-order valence-corrected chi connectivity index (χ3v) is 4.83. The summed E-state index contributed by atoms with van der Waals surface area (Å²) >= 11 is 0. The average Bonchev–Trinajstić information content (AvgIpc) is 2.74. The average molecular weight is 424 g/mol. The molecule has 0 unspecified atom stereocenters. The largest absolute Gasteiger partial charge is 0.491 e. The van der Waals surface area contributed by atoms with Crippen LogP contribution in [0.5, 0.6) is 5.75 Å². The summed E-state index contributed by atoms with van der Waals surface area (Å²) in [5.41, 5.74) is 2.65. The van der Waals surface area contributed by atoms with Crippen LogP contribution < -0.4 is 20.3 Å². The number of hydrogen-bond donors (Lipinski definition) is 2. The normalized spacial score (nSPS) is 15.9. The third-order valence-electron chi connectivity index (χ3n) is 4.83. The predicted octanol–water partition coefficient (Wildman–Crippen LogP) is 3.78. The van der Waals surface area contributed by atoms with E-state index in [9.17, 15) is 9.59 Å². The zero-order valence-corrected chi connectivity index (χ0v) is 18.3. The minimum absolute atomic E-state index is 0.0551. The summed E-state index contributed by atoms with van der Waals surface area (Å²) in [6.45, 7) is 6.26. The van der Waals surface area contributed by atoms with Crippen molar-refractivity contribution in [3.05, 3.63) is 71.4 Å². The summed E-state index contributed by atoms with van der Waals surface area (Å²) in [6, 6.07) is 16.2. The van der Waals surface area contributed by atoms with Crippen molar-refractivity contribution in [3.63, 3.8) is 0 Å². The molecule has 0 fully saturated rings. The van der Waals surface area contributed by atoms with Gasteiger partial charge < -0.3 is 25.0 Å². The van der Waals surface area contributed by atoms with Gasteiger partial charge in [-0.1, -0.05) is 30.3 Å². The Morgan fingerprint density at radius 2 is 1.77 bits per heavy atom. The molecule has 2 N–H and O–H groups in total. The number of urea groups is 1. The first-order valence-electron chi connectivity index (χ1n) is 10.4. The number of hydrogen-bond acceptors (Lipinski definition) is 5. The molecule has 0 bridgehead atoms. The van der Waals surface area contributed by atoms with E-state index in [0.29, 0.717) is 17.8 Å². The molecule has 0 saturated heterocycles. The van der Waals surface area contributed by atoms with Gasteiger partial charge in [-0.25, -0.2) is 9.59 Å². The van der Waals surface area contributed by atoms with Gasteiger partial charge in [-0.3, -0.25) is 0 Å². The number of anilines is 1. The van der Waals surface area contributed by atoms with Crippen LogP contribution in [0.25, 0.3) is 0 Å². The van der Waals surface area contributed by atoms with Crippen LogP contribution in [-0.2, 0) is 9.53 Å². The predicted molar refractivity (Wildman–Crippen MR) is 120 cm³/mol. The maximum atomic E-state index is 12.9. The highest BCUT2D eigenvalue weighted by molar-refractivity contribution is 5.95. The molecule has 0 aromatic heterocycles. The molecule has 0 aliphatic carbocycles. The second kappa shape index (κ2) is 10.0. The molecule has 2 aromatic rings. The molecule has 1 aliphatic rings. The summed E-state index contributed by atoms with van der Waals surface area (Å²) in [4.78, 5) is 27.3. The first kappa shape index (κ1) is 22.2. The Kier molecular flexibility index (Phi) is 7.18. The van der Waals surface area contributed by atoms with Crippen LogP contribution in [0.15, 0.2) is 65.9 Å². The van der Waals surface area contributed by atoms with Crippen LogP contribution in [0.3, 0.4) is 0 Å². The van der Waals surface area contributed by atoms with Gasteiger partial charge in [-0.05, 0) is 50.6 Å². The molecule has 3 rings (SSSR count). The molecule has 2 amide bonds. The van der Waals surface area contributed by atoms with Crippen molar-refractivity contribution >= 4 is 17.7 Å². The third kappa shape index (κ3) is 5.57. The van der Waals surface area contributed by atoms with Crippen molar-refractivity contribution in [1.82, 2.24) is 10.6 Å². The first-order valence-corrected chi connectivity index (χ1v) is 10.4. The lowest BCUT2D eigenvalue weighted by molar-refractivity contribution is -0.139. The van der Waals surface area contributed by atoms with Gasteiger partial charge in [0.05, 0.1) is 36.6 Å². The molecule has 0 radical (unpaired) electrons. The Morgan fingerprint density at radius 3 is 2.39 bits per heavy atom. The highest BCUT2D eigenvalue weighted by atomic mass is 16.5. The number of amides is 2. The van der Waals surface area contributed by atoms with E-state index in [1.54, 1.807) is 6.92 Å². The standard InChI is InChI=1S/C24H29N3O4/c1-5-30-23(28)21-20(15-27(4)18-9-7-6-8-10-18)25-24(29)26-22(21)17-11-13-19(14-12-17)31-16(2)3/h6-14,16,22H,5,15H2,1-4H3,(H2,25,26,29)/t22-/m0/s1. The summed E-state index contributed by atoms with van der Waals surface area (Å²) < 4.78 is 11.0. The fraction of sp³-hybridized carbons (Fsp3) is 0.333. The molecule has 164 valence electrons. The first-order chi connectivity index (χ1) is 14.9. The van der Waals surface area contributed by atoms with E-state index < -0.39 is 12.0 Å². The number of para-hydroxylation sites is 1. The zero-order valence-electron chi connectivity index (χ0n) is 18.3. The van der Waals surface area contributed by atoms with E-state index in [1.807, 2.05) is 80.4 Å². The van der Waals surface area contributed by atoms with E-state index in [2.05, 4.69) is 10.6 Å². The van der Waals surface area contributed by atoms with Crippen molar-refractivity contribution in [3.8, 4) is 5.75 Å². The van der Waals surface area contributed by atoms with Gasteiger partial charge in [0.25, 0.3) is 0 Å². The van der Waals surface area contributed by atoms with Crippen LogP contribution >= 0.6 is 0 Å². The zero-order chi connectivity index (χ0) is 22.4. The van der Waals surface area contributed by atoms with Crippen LogP contribution in [0.1, 0.15) is 32.4 Å². The van der Waals surface area contributed by atoms with Crippen molar-refractivity contribution < 1.29 is 19.1 Å². The van der Waals surface area contributed by atoms with E-state index in [0.717, 1.165) is 17.0 Å². The summed E-state index contributed by atoms with van der Waals surface area (Å²) in [5.74, 6) is 0.267. The number of nitrogens with zero attached hydrogens (tertiary/aromatic N) is 1. The number of likely N-dealkylation sites (N-methyl/N-ethyl adjacent to an activating group) is 1. The molecule has 31 heavy (non-hydrogen) atoms. The lowest BCUT2D eigenvalue weighted by Gasteiger charge is -2.31. The highest BCUT2D eigenvalue weighted by Crippen LogP contribution is 2.30. The second-order valence-electron chi connectivity index (χ2n) is 7.57. The maximum Gasteiger partial charge on any atom is 0.338 e. The smallest absolute Gasteiger partial charge is 0.338 e. The fourth-order valence-electron chi connectivity index (χ4n) is 3.46. The molecule has 1 heterocycles. The molecule has 1 atom stereocenters. The number of rotatable bonds is 8. The van der Waals surface area contributed by atoms with E-state index >= 15 is 0 Å². The maximum absolute atomic E-state index is 12.9.